The van der Waals surface area contributed by atoms with E-state index in [1.807, 2.05) is 12.1 Å². The van der Waals surface area contributed by atoms with E-state index in [-0.39, 0.29) is 17.7 Å². The predicted octanol–water partition coefficient (Wildman–Crippen LogP) is 2.30. The lowest BCUT2D eigenvalue weighted by atomic mass is 9.99. The Hall–Kier alpha value is -2.80. The van der Waals surface area contributed by atoms with Crippen LogP contribution in [0.15, 0.2) is 30.9 Å². The van der Waals surface area contributed by atoms with E-state index in [1.54, 1.807) is 15.6 Å². The summed E-state index contributed by atoms with van der Waals surface area (Å²) in [5.41, 5.74) is 3.71. The molecule has 28 heavy (non-hydrogen) atoms. The molecule has 7 nitrogen and oxygen atoms in total. The van der Waals surface area contributed by atoms with Crippen molar-refractivity contribution in [1.29, 1.82) is 0 Å². The first-order chi connectivity index (χ1) is 13.5. The average Bonchev–Trinajstić information content (AvgIpc) is 3.03. The van der Waals surface area contributed by atoms with Crippen LogP contribution in [-0.2, 0) is 11.2 Å². The molecular weight excluding hydrogens is 356 g/mol. The van der Waals surface area contributed by atoms with Crippen LogP contribution in [0.4, 0.5) is 0 Å². The summed E-state index contributed by atoms with van der Waals surface area (Å²) in [7, 11) is 0. The third-order valence-electron chi connectivity index (χ3n) is 5.47. The molecule has 148 valence electrons. The maximum absolute atomic E-state index is 12.1. The Morgan fingerprint density at radius 3 is 3.00 bits per heavy atom. The average molecular weight is 382 g/mol. The molecule has 2 aliphatic rings. The third-order valence-corrected chi connectivity index (χ3v) is 5.47. The second-order valence-electron chi connectivity index (χ2n) is 7.57. The van der Waals surface area contributed by atoms with Gasteiger partial charge in [0.1, 0.15) is 18.0 Å². The maximum Gasteiger partial charge on any atom is 0.246 e. The van der Waals surface area contributed by atoms with Crippen LogP contribution in [0.1, 0.15) is 42.6 Å². The molecule has 0 saturated carbocycles. The number of carbonyl (C=O) groups is 1. The minimum Gasteiger partial charge on any atom is -0.506 e. The van der Waals surface area contributed by atoms with E-state index < -0.39 is 0 Å². The van der Waals surface area contributed by atoms with Crippen molar-refractivity contribution in [1.82, 2.24) is 20.0 Å². The molecule has 0 aliphatic carbocycles. The van der Waals surface area contributed by atoms with Crippen molar-refractivity contribution in [3.05, 3.63) is 47.7 Å². The predicted molar refractivity (Wildman–Crippen MR) is 106 cm³/mol. The van der Waals surface area contributed by atoms with Crippen LogP contribution in [0.3, 0.4) is 0 Å². The Labute approximate surface area is 164 Å². The van der Waals surface area contributed by atoms with Gasteiger partial charge >= 0.3 is 0 Å². The lowest BCUT2D eigenvalue weighted by molar-refractivity contribution is -0.127. The number of rotatable bonds is 3. The lowest BCUT2D eigenvalue weighted by Gasteiger charge is -2.32. The van der Waals surface area contributed by atoms with E-state index in [1.165, 1.54) is 6.08 Å². The van der Waals surface area contributed by atoms with Crippen LogP contribution < -0.4 is 10.1 Å². The Morgan fingerprint density at radius 1 is 1.46 bits per heavy atom. The van der Waals surface area contributed by atoms with Gasteiger partial charge in [0.05, 0.1) is 23.8 Å². The second kappa shape index (κ2) is 7.31. The van der Waals surface area contributed by atoms with Gasteiger partial charge in [-0.05, 0) is 29.7 Å². The molecule has 0 bridgehead atoms. The van der Waals surface area contributed by atoms with Crippen LogP contribution in [-0.4, -0.2) is 51.9 Å². The third kappa shape index (κ3) is 3.16. The van der Waals surface area contributed by atoms with Gasteiger partial charge in [-0.3, -0.25) is 4.79 Å². The minimum atomic E-state index is -0.102. The second-order valence-corrected chi connectivity index (χ2v) is 7.57. The minimum absolute atomic E-state index is 0.0613. The number of phenols is 1. The Bertz CT molecular complexity index is 919. The highest BCUT2D eigenvalue weighted by atomic mass is 16.5. The number of ether oxygens (including phenoxy) is 1. The van der Waals surface area contributed by atoms with Gasteiger partial charge in [0.2, 0.25) is 11.8 Å². The van der Waals surface area contributed by atoms with E-state index in [9.17, 15) is 9.90 Å². The molecule has 2 aromatic rings. The quantitative estimate of drug-likeness (QED) is 0.797. The number of phenolic OH excluding ortho intramolecular Hbond substituents is 1. The Balaban J connectivity index is 1.76. The highest BCUT2D eigenvalue weighted by Gasteiger charge is 2.33. The van der Waals surface area contributed by atoms with Crippen LogP contribution >= 0.6 is 0 Å². The lowest BCUT2D eigenvalue weighted by Crippen LogP contribution is -2.44. The molecule has 7 heteroatoms. The monoisotopic (exact) mass is 382 g/mol. The van der Waals surface area contributed by atoms with E-state index in [0.717, 1.165) is 29.8 Å². The summed E-state index contributed by atoms with van der Waals surface area (Å²) in [6, 6.07) is 5.67. The highest BCUT2D eigenvalue weighted by molar-refractivity contribution is 5.87. The fraction of sp³-hybridized carbons (Fsp3) is 0.429. The fourth-order valence-corrected chi connectivity index (χ4v) is 3.93. The number of amides is 1. The zero-order chi connectivity index (χ0) is 19.8. The number of nitrogens with one attached hydrogen (secondary N) is 1. The first kappa shape index (κ1) is 18.6. The highest BCUT2D eigenvalue weighted by Crippen LogP contribution is 2.37. The molecule has 2 N–H and O–H groups in total. The zero-order valence-electron chi connectivity index (χ0n) is 16.3. The van der Waals surface area contributed by atoms with E-state index in [2.05, 4.69) is 30.8 Å². The van der Waals surface area contributed by atoms with Gasteiger partial charge in [-0.25, -0.2) is 4.68 Å². The van der Waals surface area contributed by atoms with Gasteiger partial charge < -0.3 is 20.1 Å². The Morgan fingerprint density at radius 2 is 2.29 bits per heavy atom. The number of nitrogens with zero attached hydrogens (tertiary/aromatic N) is 3. The largest absolute Gasteiger partial charge is 0.506 e. The summed E-state index contributed by atoms with van der Waals surface area (Å²) >= 11 is 0. The normalized spacial score (nSPS) is 18.8. The molecule has 2 aliphatic heterocycles. The number of aromatic hydroxyl groups is 1. The summed E-state index contributed by atoms with van der Waals surface area (Å²) in [5.74, 6) is 1.01. The van der Waals surface area contributed by atoms with Crippen LogP contribution in [0.25, 0.3) is 5.69 Å². The number of carbonyl (C=O) groups excluding carboxylic acids is 1. The van der Waals surface area contributed by atoms with Crippen molar-refractivity contribution < 1.29 is 14.6 Å². The molecule has 1 aromatic heterocycles. The van der Waals surface area contributed by atoms with Gasteiger partial charge in [0.15, 0.2) is 0 Å². The van der Waals surface area contributed by atoms with Gasteiger partial charge in [-0.1, -0.05) is 26.5 Å². The summed E-state index contributed by atoms with van der Waals surface area (Å²) in [6.45, 7) is 9.95. The van der Waals surface area contributed by atoms with Crippen molar-refractivity contribution >= 4 is 5.91 Å². The van der Waals surface area contributed by atoms with E-state index in [4.69, 9.17) is 4.74 Å². The van der Waals surface area contributed by atoms with Crippen molar-refractivity contribution in [2.24, 2.45) is 0 Å². The molecule has 1 amide bonds. The molecule has 1 unspecified atom stereocenters. The van der Waals surface area contributed by atoms with Gasteiger partial charge in [0.25, 0.3) is 0 Å². The summed E-state index contributed by atoms with van der Waals surface area (Å²) in [6.07, 6.45) is 2.10. The molecule has 0 spiro atoms. The topological polar surface area (TPSA) is 79.6 Å². The molecule has 0 radical (unpaired) electrons. The number of hydrogen-bond donors (Lipinski definition) is 2. The van der Waals surface area contributed by atoms with Crippen LogP contribution in [0.5, 0.6) is 11.6 Å². The molecular formula is C21H26N4O3. The van der Waals surface area contributed by atoms with Crippen LogP contribution in [0.2, 0.25) is 0 Å². The summed E-state index contributed by atoms with van der Waals surface area (Å²) in [5, 5.41) is 18.8. The molecule has 1 aromatic carbocycles. The van der Waals surface area contributed by atoms with E-state index in [0.29, 0.717) is 37.2 Å². The van der Waals surface area contributed by atoms with Gasteiger partial charge in [0, 0.05) is 19.5 Å². The molecule has 3 heterocycles. The zero-order valence-corrected chi connectivity index (χ0v) is 16.3. The van der Waals surface area contributed by atoms with Crippen LogP contribution in [0, 0.1) is 0 Å². The fourth-order valence-electron chi connectivity index (χ4n) is 3.93. The summed E-state index contributed by atoms with van der Waals surface area (Å²) < 4.78 is 7.72. The number of benzene rings is 1. The molecule has 0 fully saturated rings. The number of hydrogen-bond acceptors (Lipinski definition) is 5. The Kier molecular flexibility index (Phi) is 4.85. The SMILES string of the molecule is C=CC(=O)N1CCOc2nn(-c3ccc(C(C)C)cc3O)c3c2C(C1)NCC3. The number of aromatic nitrogens is 2. The molecule has 0 saturated heterocycles. The van der Waals surface area contributed by atoms with Crippen molar-refractivity contribution in [3.8, 4) is 17.3 Å². The first-order valence-corrected chi connectivity index (χ1v) is 9.72. The maximum atomic E-state index is 12.1. The van der Waals surface area contributed by atoms with Crippen molar-refractivity contribution in [2.75, 3.05) is 26.2 Å². The van der Waals surface area contributed by atoms with Crippen molar-refractivity contribution in [2.45, 2.75) is 32.2 Å². The molecule has 1 atom stereocenters. The van der Waals surface area contributed by atoms with Gasteiger partial charge in [-0.2, -0.15) is 0 Å². The van der Waals surface area contributed by atoms with E-state index >= 15 is 0 Å². The van der Waals surface area contributed by atoms with Crippen molar-refractivity contribution in [3.63, 3.8) is 0 Å². The smallest absolute Gasteiger partial charge is 0.246 e. The standard InChI is InChI=1S/C21H26N4O3/c1-4-19(27)24-9-10-28-21-20-15(12-24)22-8-7-17(20)25(23-21)16-6-5-14(13(2)3)11-18(16)26/h4-6,11,13,15,22,26H,1,7-10,12H2,2-3H3. The van der Waals surface area contributed by atoms with Gasteiger partial charge in [-0.15, -0.1) is 5.10 Å². The molecule has 4 rings (SSSR count). The summed E-state index contributed by atoms with van der Waals surface area (Å²) in [4.78, 5) is 13.9. The first-order valence-electron chi connectivity index (χ1n) is 9.72.